The summed E-state index contributed by atoms with van der Waals surface area (Å²) in [5, 5.41) is 0. The topological polar surface area (TPSA) is 51.0 Å². The third-order valence-electron chi connectivity index (χ3n) is 6.50. The molecule has 0 N–H and O–H groups in total. The van der Waals surface area contributed by atoms with Crippen LogP contribution in [-0.4, -0.2) is 38.4 Å². The quantitative estimate of drug-likeness (QED) is 0.677. The lowest BCUT2D eigenvalue weighted by molar-refractivity contribution is -0.135. The number of carbonyl (C=O) groups is 1. The molecule has 5 nitrogen and oxygen atoms in total. The Morgan fingerprint density at radius 2 is 1.79 bits per heavy atom. The SMILES string of the molecule is Cc1cnc(-c2cccnc2)n1C1CCN(C(=O)C2(c3ccccc3)CC2)CC1. The van der Waals surface area contributed by atoms with Crippen molar-refractivity contribution in [1.82, 2.24) is 19.4 Å². The number of aryl methyl sites for hydroxylation is 1. The lowest BCUT2D eigenvalue weighted by Crippen LogP contribution is -2.44. The van der Waals surface area contributed by atoms with E-state index in [-0.39, 0.29) is 5.41 Å². The Labute approximate surface area is 171 Å². The Morgan fingerprint density at radius 1 is 1.03 bits per heavy atom. The number of benzene rings is 1. The first kappa shape index (κ1) is 18.1. The second-order valence-electron chi connectivity index (χ2n) is 8.31. The summed E-state index contributed by atoms with van der Waals surface area (Å²) < 4.78 is 2.34. The van der Waals surface area contributed by atoms with Crippen LogP contribution in [0.3, 0.4) is 0 Å². The minimum absolute atomic E-state index is 0.264. The molecule has 1 saturated heterocycles. The number of amides is 1. The number of hydrogen-bond acceptors (Lipinski definition) is 3. The van der Waals surface area contributed by atoms with Gasteiger partial charge >= 0.3 is 0 Å². The number of aromatic nitrogens is 3. The van der Waals surface area contributed by atoms with Crippen molar-refractivity contribution in [3.05, 3.63) is 72.3 Å². The number of nitrogens with zero attached hydrogens (tertiary/aromatic N) is 4. The molecule has 2 fully saturated rings. The maximum atomic E-state index is 13.3. The largest absolute Gasteiger partial charge is 0.342 e. The molecule has 5 rings (SSSR count). The zero-order valence-corrected chi connectivity index (χ0v) is 16.8. The van der Waals surface area contributed by atoms with Gasteiger partial charge in [0.1, 0.15) is 5.82 Å². The molecule has 148 valence electrons. The van der Waals surface area contributed by atoms with Gasteiger partial charge < -0.3 is 9.47 Å². The lowest BCUT2D eigenvalue weighted by atomic mass is 9.93. The van der Waals surface area contributed by atoms with E-state index < -0.39 is 0 Å². The Bertz CT molecular complexity index is 1000. The molecule has 3 aromatic rings. The van der Waals surface area contributed by atoms with Crippen LogP contribution in [0.2, 0.25) is 0 Å². The maximum Gasteiger partial charge on any atom is 0.233 e. The highest BCUT2D eigenvalue weighted by molar-refractivity contribution is 5.91. The Morgan fingerprint density at radius 3 is 2.45 bits per heavy atom. The van der Waals surface area contributed by atoms with Crippen molar-refractivity contribution < 1.29 is 4.79 Å². The van der Waals surface area contributed by atoms with Crippen LogP contribution in [-0.2, 0) is 10.2 Å². The van der Waals surface area contributed by atoms with Gasteiger partial charge in [-0.25, -0.2) is 4.98 Å². The fourth-order valence-corrected chi connectivity index (χ4v) is 4.75. The minimum Gasteiger partial charge on any atom is -0.342 e. The summed E-state index contributed by atoms with van der Waals surface area (Å²) in [7, 11) is 0. The highest BCUT2D eigenvalue weighted by atomic mass is 16.2. The van der Waals surface area contributed by atoms with Gasteiger partial charge in [0.25, 0.3) is 0 Å². The molecular formula is C24H26N4O. The van der Waals surface area contributed by atoms with Gasteiger partial charge in [0.15, 0.2) is 0 Å². The standard InChI is InChI=1S/C24H26N4O/c1-18-16-26-22(19-6-5-13-25-17-19)28(18)21-9-14-27(15-10-21)23(29)24(11-12-24)20-7-3-2-4-8-20/h2-8,13,16-17,21H,9-12,14-15H2,1H3. The van der Waals surface area contributed by atoms with Gasteiger partial charge in [-0.1, -0.05) is 30.3 Å². The fraction of sp³-hybridized carbons (Fsp3) is 0.375. The van der Waals surface area contributed by atoms with Crippen molar-refractivity contribution in [2.75, 3.05) is 13.1 Å². The Hall–Kier alpha value is -2.95. The molecule has 3 heterocycles. The number of likely N-dealkylation sites (tertiary alicyclic amines) is 1. The van der Waals surface area contributed by atoms with E-state index >= 15 is 0 Å². The molecule has 2 aromatic heterocycles. The molecule has 1 aliphatic heterocycles. The Balaban J connectivity index is 1.32. The van der Waals surface area contributed by atoms with Crippen LogP contribution in [0.4, 0.5) is 0 Å². The number of carbonyl (C=O) groups excluding carboxylic acids is 1. The molecule has 0 atom stereocenters. The number of piperidine rings is 1. The molecule has 5 heteroatoms. The molecule has 1 saturated carbocycles. The second-order valence-corrected chi connectivity index (χ2v) is 8.31. The summed E-state index contributed by atoms with van der Waals surface area (Å²) in [5.41, 5.74) is 3.12. The minimum atomic E-state index is -0.264. The highest BCUT2D eigenvalue weighted by Crippen LogP contribution is 2.50. The van der Waals surface area contributed by atoms with Crippen LogP contribution in [0.25, 0.3) is 11.4 Å². The third-order valence-corrected chi connectivity index (χ3v) is 6.50. The van der Waals surface area contributed by atoms with Crippen molar-refractivity contribution in [2.24, 2.45) is 0 Å². The summed E-state index contributed by atoms with van der Waals surface area (Å²) in [6, 6.07) is 14.7. The van der Waals surface area contributed by atoms with Crippen molar-refractivity contribution in [1.29, 1.82) is 0 Å². The molecule has 1 aliphatic carbocycles. The predicted molar refractivity (Wildman–Crippen MR) is 112 cm³/mol. The van der Waals surface area contributed by atoms with Gasteiger partial charge in [0.2, 0.25) is 5.91 Å². The van der Waals surface area contributed by atoms with Crippen molar-refractivity contribution in [3.8, 4) is 11.4 Å². The van der Waals surface area contributed by atoms with Gasteiger partial charge in [-0.3, -0.25) is 9.78 Å². The average molecular weight is 386 g/mol. The molecule has 0 spiro atoms. The zero-order valence-electron chi connectivity index (χ0n) is 16.8. The molecule has 0 bridgehead atoms. The van der Waals surface area contributed by atoms with E-state index in [1.165, 1.54) is 5.56 Å². The summed E-state index contributed by atoms with van der Waals surface area (Å²) in [6.45, 7) is 3.73. The molecule has 29 heavy (non-hydrogen) atoms. The first-order valence-corrected chi connectivity index (χ1v) is 10.5. The van der Waals surface area contributed by atoms with Crippen LogP contribution in [0.15, 0.2) is 61.1 Å². The van der Waals surface area contributed by atoms with E-state index in [0.717, 1.165) is 55.9 Å². The van der Waals surface area contributed by atoms with E-state index in [9.17, 15) is 4.79 Å². The van der Waals surface area contributed by atoms with Gasteiger partial charge in [-0.2, -0.15) is 0 Å². The summed E-state index contributed by atoms with van der Waals surface area (Å²) >= 11 is 0. The predicted octanol–water partition coefficient (Wildman–Crippen LogP) is 4.15. The van der Waals surface area contributed by atoms with Crippen molar-refractivity contribution in [2.45, 2.75) is 44.1 Å². The first-order chi connectivity index (χ1) is 14.2. The fourth-order valence-electron chi connectivity index (χ4n) is 4.75. The lowest BCUT2D eigenvalue weighted by Gasteiger charge is -2.36. The van der Waals surface area contributed by atoms with Crippen molar-refractivity contribution in [3.63, 3.8) is 0 Å². The normalized spacial score (nSPS) is 18.6. The van der Waals surface area contributed by atoms with Crippen LogP contribution in [0, 0.1) is 6.92 Å². The van der Waals surface area contributed by atoms with Crippen LogP contribution < -0.4 is 0 Å². The molecule has 0 unspecified atom stereocenters. The van der Waals surface area contributed by atoms with E-state index in [2.05, 4.69) is 44.6 Å². The van der Waals surface area contributed by atoms with E-state index in [0.29, 0.717) is 11.9 Å². The first-order valence-electron chi connectivity index (χ1n) is 10.5. The molecular weight excluding hydrogens is 360 g/mol. The maximum absolute atomic E-state index is 13.3. The molecule has 0 radical (unpaired) electrons. The van der Waals surface area contributed by atoms with Gasteiger partial charge in [-0.05, 0) is 50.3 Å². The van der Waals surface area contributed by atoms with Gasteiger partial charge in [-0.15, -0.1) is 0 Å². The second kappa shape index (κ2) is 7.14. The van der Waals surface area contributed by atoms with E-state index in [1.807, 2.05) is 36.7 Å². The van der Waals surface area contributed by atoms with Crippen LogP contribution in [0.1, 0.15) is 43.0 Å². The van der Waals surface area contributed by atoms with Crippen molar-refractivity contribution >= 4 is 5.91 Å². The van der Waals surface area contributed by atoms with Gasteiger partial charge in [0, 0.05) is 49.0 Å². The molecule has 1 amide bonds. The highest BCUT2D eigenvalue weighted by Gasteiger charge is 2.53. The monoisotopic (exact) mass is 386 g/mol. The number of rotatable bonds is 4. The Kier molecular flexibility index (Phi) is 4.46. The number of imidazole rings is 1. The number of pyridine rings is 1. The zero-order chi connectivity index (χ0) is 19.8. The van der Waals surface area contributed by atoms with Crippen LogP contribution >= 0.6 is 0 Å². The molecule has 1 aromatic carbocycles. The summed E-state index contributed by atoms with van der Waals surface area (Å²) in [4.78, 5) is 24.3. The smallest absolute Gasteiger partial charge is 0.233 e. The van der Waals surface area contributed by atoms with Gasteiger partial charge in [0.05, 0.1) is 5.41 Å². The number of hydrogen-bond donors (Lipinski definition) is 0. The average Bonchev–Trinajstić information content (AvgIpc) is 3.51. The van der Waals surface area contributed by atoms with Crippen LogP contribution in [0.5, 0.6) is 0 Å². The van der Waals surface area contributed by atoms with E-state index in [4.69, 9.17) is 0 Å². The summed E-state index contributed by atoms with van der Waals surface area (Å²) in [5.74, 6) is 1.29. The van der Waals surface area contributed by atoms with E-state index in [1.54, 1.807) is 6.20 Å². The molecule has 2 aliphatic rings. The third kappa shape index (κ3) is 3.15. The summed E-state index contributed by atoms with van der Waals surface area (Å²) in [6.07, 6.45) is 9.46.